The molecule has 0 amide bonds. The highest BCUT2D eigenvalue weighted by Crippen LogP contribution is 2.30. The first-order valence-electron chi connectivity index (χ1n) is 10.9. The Labute approximate surface area is 190 Å². The van der Waals surface area contributed by atoms with Crippen molar-refractivity contribution in [3.05, 3.63) is 60.0 Å². The predicted octanol–water partition coefficient (Wildman–Crippen LogP) is 4.89. The number of aromatic nitrogens is 1. The second-order valence-electron chi connectivity index (χ2n) is 8.54. The molecule has 170 valence electrons. The molecule has 0 radical (unpaired) electrons. The van der Waals surface area contributed by atoms with Crippen LogP contribution in [0.1, 0.15) is 37.3 Å². The summed E-state index contributed by atoms with van der Waals surface area (Å²) in [7, 11) is -1.48. The number of rotatable bonds is 7. The minimum atomic E-state index is -3.20. The van der Waals surface area contributed by atoms with Gasteiger partial charge in [0.25, 0.3) is 0 Å². The number of aryl methyl sites for hydroxylation is 1. The molecule has 1 fully saturated rings. The second kappa shape index (κ2) is 9.17. The van der Waals surface area contributed by atoms with Gasteiger partial charge in [-0.25, -0.2) is 13.4 Å². The topological polar surface area (TPSA) is 72.6 Å². The molecule has 2 heterocycles. The molecule has 2 atom stereocenters. The fourth-order valence-electron chi connectivity index (χ4n) is 4.28. The molecule has 1 aliphatic heterocycles. The van der Waals surface area contributed by atoms with E-state index in [2.05, 4.69) is 11.8 Å². The van der Waals surface area contributed by atoms with E-state index in [0.717, 1.165) is 41.2 Å². The van der Waals surface area contributed by atoms with Gasteiger partial charge in [-0.3, -0.25) is 4.90 Å². The predicted molar refractivity (Wildman–Crippen MR) is 125 cm³/mol. The van der Waals surface area contributed by atoms with E-state index in [0.29, 0.717) is 16.8 Å². The Balaban J connectivity index is 1.53. The molecule has 0 saturated carbocycles. The van der Waals surface area contributed by atoms with Crippen molar-refractivity contribution in [1.82, 2.24) is 9.88 Å². The zero-order valence-corrected chi connectivity index (χ0v) is 19.9. The number of methoxy groups -OCH3 is 1. The smallest absolute Gasteiger partial charge is 0.226 e. The van der Waals surface area contributed by atoms with Crippen LogP contribution < -0.4 is 0 Å². The number of hydrogen-bond acceptors (Lipinski definition) is 6. The van der Waals surface area contributed by atoms with Gasteiger partial charge in [0, 0.05) is 31.5 Å². The molecule has 0 aliphatic carbocycles. The van der Waals surface area contributed by atoms with Gasteiger partial charge in [-0.05, 0) is 68.6 Å². The molecule has 7 heteroatoms. The van der Waals surface area contributed by atoms with Crippen LogP contribution in [0.5, 0.6) is 0 Å². The van der Waals surface area contributed by atoms with Gasteiger partial charge in [0.05, 0.1) is 4.90 Å². The maximum atomic E-state index is 11.7. The Morgan fingerprint density at radius 3 is 2.22 bits per heavy atom. The summed E-state index contributed by atoms with van der Waals surface area (Å²) in [6.45, 7) is 6.10. The summed E-state index contributed by atoms with van der Waals surface area (Å²) in [5, 5.41) is 0. The van der Waals surface area contributed by atoms with Crippen molar-refractivity contribution in [3.63, 3.8) is 0 Å². The van der Waals surface area contributed by atoms with Gasteiger partial charge in [0.2, 0.25) is 5.89 Å². The van der Waals surface area contributed by atoms with Crippen molar-refractivity contribution >= 4 is 9.84 Å². The molecule has 4 rings (SSSR count). The Morgan fingerprint density at radius 1 is 1.09 bits per heavy atom. The Bertz CT molecular complexity index is 1170. The lowest BCUT2D eigenvalue weighted by atomic mass is 10.0. The van der Waals surface area contributed by atoms with E-state index >= 15 is 0 Å². The van der Waals surface area contributed by atoms with Gasteiger partial charge in [-0.2, -0.15) is 0 Å². The quantitative estimate of drug-likeness (QED) is 0.506. The fourth-order valence-corrected chi connectivity index (χ4v) is 4.91. The monoisotopic (exact) mass is 454 g/mol. The number of oxazole rings is 1. The van der Waals surface area contributed by atoms with E-state index < -0.39 is 9.84 Å². The molecule has 0 bridgehead atoms. The lowest BCUT2D eigenvalue weighted by Gasteiger charge is -2.25. The second-order valence-corrected chi connectivity index (χ2v) is 10.6. The summed E-state index contributed by atoms with van der Waals surface area (Å²) in [5.74, 6) is 1.35. The van der Waals surface area contributed by atoms with Crippen molar-refractivity contribution in [2.75, 3.05) is 26.5 Å². The molecule has 0 spiro atoms. The lowest BCUT2D eigenvalue weighted by molar-refractivity contribution is 0.0578. The number of nitrogens with zero attached hydrogens (tertiary/aromatic N) is 2. The van der Waals surface area contributed by atoms with Crippen LogP contribution in [0.2, 0.25) is 0 Å². The maximum absolute atomic E-state index is 11.7. The van der Waals surface area contributed by atoms with Crippen LogP contribution in [0, 0.1) is 6.92 Å². The number of sulfone groups is 1. The lowest BCUT2D eigenvalue weighted by Crippen LogP contribution is -2.32. The van der Waals surface area contributed by atoms with Gasteiger partial charge in [-0.1, -0.05) is 24.3 Å². The maximum Gasteiger partial charge on any atom is 0.226 e. The number of ether oxygens (including phenoxy) is 1. The molecule has 2 unspecified atom stereocenters. The molecular formula is C25H30N2O4S. The molecule has 1 saturated heterocycles. The van der Waals surface area contributed by atoms with Crippen LogP contribution in [-0.4, -0.2) is 50.8 Å². The minimum Gasteiger partial charge on any atom is -0.441 e. The van der Waals surface area contributed by atoms with Gasteiger partial charge >= 0.3 is 0 Å². The van der Waals surface area contributed by atoms with Crippen molar-refractivity contribution in [2.45, 2.75) is 43.7 Å². The molecular weight excluding hydrogens is 424 g/mol. The van der Waals surface area contributed by atoms with Crippen molar-refractivity contribution < 1.29 is 17.6 Å². The van der Waals surface area contributed by atoms with Crippen LogP contribution in [0.15, 0.2) is 57.8 Å². The van der Waals surface area contributed by atoms with Crippen LogP contribution in [0.4, 0.5) is 0 Å². The average Bonchev–Trinajstić information content (AvgIpc) is 3.36. The first-order chi connectivity index (χ1) is 15.3. The van der Waals surface area contributed by atoms with E-state index in [1.165, 1.54) is 19.1 Å². The summed E-state index contributed by atoms with van der Waals surface area (Å²) < 4.78 is 35.1. The van der Waals surface area contributed by atoms with E-state index in [4.69, 9.17) is 14.1 Å². The Hall–Kier alpha value is -2.48. The molecule has 32 heavy (non-hydrogen) atoms. The number of hydrogen-bond donors (Lipinski definition) is 0. The molecule has 2 aromatic carbocycles. The minimum absolute atomic E-state index is 0.124. The SMILES string of the molecule is COC(CN1CCCC1C)c1nc(-c2ccc(-c3ccc(S(C)(=O)=O)cc3)cc2)oc1C. The van der Waals surface area contributed by atoms with Gasteiger partial charge < -0.3 is 9.15 Å². The van der Waals surface area contributed by atoms with E-state index in [1.807, 2.05) is 43.3 Å². The third-order valence-corrected chi connectivity index (χ3v) is 7.39. The number of benzene rings is 2. The summed E-state index contributed by atoms with van der Waals surface area (Å²) in [6.07, 6.45) is 3.54. The Morgan fingerprint density at radius 2 is 1.69 bits per heavy atom. The molecule has 3 aromatic rings. The van der Waals surface area contributed by atoms with Gasteiger partial charge in [0.15, 0.2) is 9.84 Å². The largest absolute Gasteiger partial charge is 0.441 e. The van der Waals surface area contributed by atoms with Crippen LogP contribution in [0.25, 0.3) is 22.6 Å². The fraction of sp³-hybridized carbons (Fsp3) is 0.400. The summed E-state index contributed by atoms with van der Waals surface area (Å²) in [4.78, 5) is 7.54. The standard InChI is InChI=1S/C25H30N2O4S/c1-17-6-5-15-27(17)16-23(30-3)24-18(2)31-25(26-24)21-9-7-19(8-10-21)20-11-13-22(14-12-20)32(4,28)29/h7-14,17,23H,5-6,15-16H2,1-4H3. The highest BCUT2D eigenvalue weighted by atomic mass is 32.2. The van der Waals surface area contributed by atoms with Crippen LogP contribution >= 0.6 is 0 Å². The zero-order valence-electron chi connectivity index (χ0n) is 19.0. The summed E-state index contributed by atoms with van der Waals surface area (Å²) in [6, 6.07) is 15.4. The van der Waals surface area contributed by atoms with E-state index in [1.54, 1.807) is 19.2 Å². The van der Waals surface area contributed by atoms with Crippen LogP contribution in [0.3, 0.4) is 0 Å². The average molecular weight is 455 g/mol. The van der Waals surface area contributed by atoms with Gasteiger partial charge in [0.1, 0.15) is 17.6 Å². The van der Waals surface area contributed by atoms with Gasteiger partial charge in [-0.15, -0.1) is 0 Å². The third kappa shape index (κ3) is 4.80. The highest BCUT2D eigenvalue weighted by Gasteiger charge is 2.27. The summed E-state index contributed by atoms with van der Waals surface area (Å²) >= 11 is 0. The van der Waals surface area contributed by atoms with E-state index in [-0.39, 0.29) is 6.10 Å². The van der Waals surface area contributed by atoms with Crippen molar-refractivity contribution in [3.8, 4) is 22.6 Å². The van der Waals surface area contributed by atoms with E-state index in [9.17, 15) is 8.42 Å². The molecule has 6 nitrogen and oxygen atoms in total. The van der Waals surface area contributed by atoms with Crippen molar-refractivity contribution in [2.24, 2.45) is 0 Å². The molecule has 0 N–H and O–H groups in total. The molecule has 1 aliphatic rings. The zero-order chi connectivity index (χ0) is 22.9. The summed E-state index contributed by atoms with van der Waals surface area (Å²) in [5.41, 5.74) is 3.68. The first kappa shape index (κ1) is 22.7. The normalized spacial score (nSPS) is 18.2. The van der Waals surface area contributed by atoms with Crippen molar-refractivity contribution in [1.29, 1.82) is 0 Å². The number of likely N-dealkylation sites (tertiary alicyclic amines) is 1. The molecule has 1 aromatic heterocycles. The third-order valence-electron chi connectivity index (χ3n) is 6.26. The van der Waals surface area contributed by atoms with Crippen LogP contribution in [-0.2, 0) is 14.6 Å². The highest BCUT2D eigenvalue weighted by molar-refractivity contribution is 7.90. The Kier molecular flexibility index (Phi) is 6.51. The first-order valence-corrected chi connectivity index (χ1v) is 12.8.